The Labute approximate surface area is 161 Å². The predicted octanol–water partition coefficient (Wildman–Crippen LogP) is 1.32. The first-order chi connectivity index (χ1) is 13.3. The lowest BCUT2D eigenvalue weighted by Gasteiger charge is -2.32. The highest BCUT2D eigenvalue weighted by molar-refractivity contribution is 7.89. The quantitative estimate of drug-likeness (QED) is 0.562. The van der Waals surface area contributed by atoms with Crippen molar-refractivity contribution in [3.8, 4) is 5.75 Å². The van der Waals surface area contributed by atoms with Crippen LogP contribution in [0.3, 0.4) is 0 Å². The highest BCUT2D eigenvalue weighted by atomic mass is 32.2. The topological polar surface area (TPSA) is 146 Å². The average Bonchev–Trinajstić information content (AvgIpc) is 2.68. The van der Waals surface area contributed by atoms with Gasteiger partial charge in [-0.25, -0.2) is 8.42 Å². The molecule has 1 aliphatic heterocycles. The molecule has 28 heavy (non-hydrogen) atoms. The summed E-state index contributed by atoms with van der Waals surface area (Å²) in [6.07, 6.45) is 2.02. The molecule has 10 nitrogen and oxygen atoms in total. The number of carbonyl (C=O) groups is 1. The molecule has 1 atom stereocenters. The Balaban J connectivity index is 1.81. The SMILES string of the molecule is NC(=O)c1cc(OC2CCCN(S(=O)(=O)c3ccccc3[N+](=O)[O-])C2)ccn1. The van der Waals surface area contributed by atoms with Gasteiger partial charge in [-0.2, -0.15) is 4.31 Å². The van der Waals surface area contributed by atoms with E-state index in [1.165, 1.54) is 34.8 Å². The van der Waals surface area contributed by atoms with Crippen molar-refractivity contribution in [1.29, 1.82) is 0 Å². The molecule has 2 aromatic rings. The third-order valence-corrected chi connectivity index (χ3v) is 6.22. The van der Waals surface area contributed by atoms with Crippen LogP contribution in [0.25, 0.3) is 0 Å². The van der Waals surface area contributed by atoms with E-state index in [1.807, 2.05) is 0 Å². The molecule has 1 amide bonds. The molecule has 1 aromatic carbocycles. The summed E-state index contributed by atoms with van der Waals surface area (Å²) in [5.74, 6) is -0.353. The molecule has 1 aliphatic rings. The first kappa shape index (κ1) is 19.7. The number of para-hydroxylation sites is 1. The maximum atomic E-state index is 12.9. The predicted molar refractivity (Wildman–Crippen MR) is 98.3 cm³/mol. The second-order valence-electron chi connectivity index (χ2n) is 6.21. The fourth-order valence-electron chi connectivity index (χ4n) is 3.00. The van der Waals surface area contributed by atoms with Crippen molar-refractivity contribution in [2.24, 2.45) is 5.73 Å². The molecule has 0 saturated carbocycles. The lowest BCUT2D eigenvalue weighted by molar-refractivity contribution is -0.387. The van der Waals surface area contributed by atoms with Crippen LogP contribution in [0.4, 0.5) is 5.69 Å². The molecule has 11 heteroatoms. The van der Waals surface area contributed by atoms with Crippen LogP contribution in [-0.4, -0.2) is 47.7 Å². The number of ether oxygens (including phenoxy) is 1. The number of amides is 1. The van der Waals surface area contributed by atoms with Gasteiger partial charge in [0.25, 0.3) is 11.6 Å². The van der Waals surface area contributed by atoms with E-state index in [1.54, 1.807) is 6.07 Å². The van der Waals surface area contributed by atoms with Crippen molar-refractivity contribution in [2.45, 2.75) is 23.8 Å². The van der Waals surface area contributed by atoms with Crippen molar-refractivity contribution >= 4 is 21.6 Å². The number of carbonyl (C=O) groups excluding carboxylic acids is 1. The summed E-state index contributed by atoms with van der Waals surface area (Å²) >= 11 is 0. The molecule has 2 heterocycles. The van der Waals surface area contributed by atoms with Gasteiger partial charge in [0.1, 0.15) is 17.5 Å². The van der Waals surface area contributed by atoms with E-state index in [0.29, 0.717) is 18.6 Å². The summed E-state index contributed by atoms with van der Waals surface area (Å²) in [6, 6.07) is 8.17. The molecule has 0 bridgehead atoms. The minimum absolute atomic E-state index is 0.0304. The molecule has 1 aromatic heterocycles. The minimum Gasteiger partial charge on any atom is -0.489 e. The number of rotatable bonds is 6. The number of primary amides is 1. The molecule has 0 spiro atoms. The summed E-state index contributed by atoms with van der Waals surface area (Å²) in [7, 11) is -4.06. The number of sulfonamides is 1. The zero-order valence-corrected chi connectivity index (χ0v) is 15.5. The first-order valence-corrected chi connectivity index (χ1v) is 9.89. The Kier molecular flexibility index (Phi) is 5.56. The molecule has 1 saturated heterocycles. The van der Waals surface area contributed by atoms with Crippen LogP contribution >= 0.6 is 0 Å². The number of nitro benzene ring substituents is 1. The standard InChI is InChI=1S/C17H18N4O6S/c18-17(22)14-10-12(7-8-19-14)27-13-4-3-9-20(11-13)28(25,26)16-6-2-1-5-15(16)21(23)24/h1-2,5-8,10,13H,3-4,9,11H2,(H2,18,22). The Morgan fingerprint density at radius 2 is 2.07 bits per heavy atom. The first-order valence-electron chi connectivity index (χ1n) is 8.45. The Bertz CT molecular complexity index is 1010. The lowest BCUT2D eigenvalue weighted by Crippen LogP contribution is -2.44. The van der Waals surface area contributed by atoms with Crippen LogP contribution in [0.1, 0.15) is 23.3 Å². The zero-order chi connectivity index (χ0) is 20.3. The van der Waals surface area contributed by atoms with Gasteiger partial charge in [-0.05, 0) is 25.0 Å². The summed E-state index contributed by atoms with van der Waals surface area (Å²) in [5.41, 5.74) is 4.77. The Morgan fingerprint density at radius 3 is 2.79 bits per heavy atom. The Morgan fingerprint density at radius 1 is 1.32 bits per heavy atom. The van der Waals surface area contributed by atoms with Gasteiger partial charge in [0.2, 0.25) is 10.0 Å². The van der Waals surface area contributed by atoms with Crippen molar-refractivity contribution < 1.29 is 22.9 Å². The van der Waals surface area contributed by atoms with Crippen LogP contribution in [0.5, 0.6) is 5.75 Å². The van der Waals surface area contributed by atoms with E-state index in [9.17, 15) is 23.3 Å². The van der Waals surface area contributed by atoms with Gasteiger partial charge in [0.15, 0.2) is 4.90 Å². The zero-order valence-electron chi connectivity index (χ0n) is 14.7. The minimum atomic E-state index is -4.06. The van der Waals surface area contributed by atoms with E-state index in [-0.39, 0.29) is 23.7 Å². The fraction of sp³-hybridized carbons (Fsp3) is 0.294. The molecule has 1 unspecified atom stereocenters. The van der Waals surface area contributed by atoms with E-state index in [2.05, 4.69) is 4.98 Å². The number of piperidine rings is 1. The third-order valence-electron chi connectivity index (χ3n) is 4.31. The van der Waals surface area contributed by atoms with Crippen molar-refractivity contribution in [1.82, 2.24) is 9.29 Å². The number of aromatic nitrogens is 1. The van der Waals surface area contributed by atoms with Crippen molar-refractivity contribution in [3.05, 3.63) is 58.4 Å². The molecule has 148 valence electrons. The van der Waals surface area contributed by atoms with E-state index < -0.39 is 32.6 Å². The van der Waals surface area contributed by atoms with Crippen LogP contribution < -0.4 is 10.5 Å². The fourth-order valence-corrected chi connectivity index (χ4v) is 4.66. The highest BCUT2D eigenvalue weighted by Crippen LogP contribution is 2.29. The van der Waals surface area contributed by atoms with E-state index in [0.717, 1.165) is 6.07 Å². The van der Waals surface area contributed by atoms with Crippen LogP contribution in [-0.2, 0) is 10.0 Å². The number of nitrogens with two attached hydrogens (primary N) is 1. The normalized spacial score (nSPS) is 17.8. The Hall–Kier alpha value is -3.05. The molecule has 2 N–H and O–H groups in total. The number of pyridine rings is 1. The number of nitro groups is 1. The third kappa shape index (κ3) is 4.10. The van der Waals surface area contributed by atoms with Gasteiger partial charge in [0, 0.05) is 24.9 Å². The van der Waals surface area contributed by atoms with Gasteiger partial charge < -0.3 is 10.5 Å². The monoisotopic (exact) mass is 406 g/mol. The van der Waals surface area contributed by atoms with Crippen molar-refractivity contribution in [2.75, 3.05) is 13.1 Å². The van der Waals surface area contributed by atoms with E-state index >= 15 is 0 Å². The number of hydrogen-bond donors (Lipinski definition) is 1. The largest absolute Gasteiger partial charge is 0.489 e. The number of hydrogen-bond acceptors (Lipinski definition) is 7. The molecule has 3 rings (SSSR count). The molecule has 0 aliphatic carbocycles. The lowest BCUT2D eigenvalue weighted by atomic mass is 10.1. The summed E-state index contributed by atoms with van der Waals surface area (Å²) < 4.78 is 32.9. The second-order valence-corrected chi connectivity index (χ2v) is 8.12. The van der Waals surface area contributed by atoms with Gasteiger partial charge in [-0.1, -0.05) is 12.1 Å². The van der Waals surface area contributed by atoms with Gasteiger partial charge in [0.05, 0.1) is 11.5 Å². The average molecular weight is 406 g/mol. The summed E-state index contributed by atoms with van der Waals surface area (Å²) in [6.45, 7) is 0.264. The number of benzene rings is 1. The van der Waals surface area contributed by atoms with Crippen LogP contribution in [0.15, 0.2) is 47.5 Å². The van der Waals surface area contributed by atoms with Gasteiger partial charge in [-0.3, -0.25) is 19.9 Å². The second kappa shape index (κ2) is 7.90. The van der Waals surface area contributed by atoms with Gasteiger partial charge >= 0.3 is 0 Å². The molecule has 0 radical (unpaired) electrons. The summed E-state index contributed by atoms with van der Waals surface area (Å²) in [5, 5.41) is 11.2. The van der Waals surface area contributed by atoms with Crippen LogP contribution in [0.2, 0.25) is 0 Å². The molecule has 1 fully saturated rings. The van der Waals surface area contributed by atoms with Crippen LogP contribution in [0, 0.1) is 10.1 Å². The molecular formula is C17H18N4O6S. The van der Waals surface area contributed by atoms with Gasteiger partial charge in [-0.15, -0.1) is 0 Å². The molecular weight excluding hydrogens is 388 g/mol. The highest BCUT2D eigenvalue weighted by Gasteiger charge is 2.35. The number of nitrogens with zero attached hydrogens (tertiary/aromatic N) is 3. The smallest absolute Gasteiger partial charge is 0.289 e. The van der Waals surface area contributed by atoms with E-state index in [4.69, 9.17) is 10.5 Å². The van der Waals surface area contributed by atoms with Crippen molar-refractivity contribution in [3.63, 3.8) is 0 Å². The maximum Gasteiger partial charge on any atom is 0.289 e. The maximum absolute atomic E-state index is 12.9. The summed E-state index contributed by atoms with van der Waals surface area (Å²) in [4.78, 5) is 25.2.